The molecule has 3 N–H and O–H groups in total. The Balaban J connectivity index is 5.24. The van der Waals surface area contributed by atoms with Crippen LogP contribution in [0.4, 0.5) is 0 Å². The van der Waals surface area contributed by atoms with Crippen molar-refractivity contribution in [2.24, 2.45) is 17.8 Å². The van der Waals surface area contributed by atoms with E-state index in [-0.39, 0.29) is 25.7 Å². The van der Waals surface area contributed by atoms with Crippen LogP contribution in [0, 0.1) is 17.8 Å². The summed E-state index contributed by atoms with van der Waals surface area (Å²) in [5, 5.41) is 10.7. The molecule has 0 spiro atoms. The number of phosphoric acid groups is 2. The van der Waals surface area contributed by atoms with E-state index >= 15 is 0 Å². The lowest BCUT2D eigenvalue weighted by atomic mass is 9.99. The van der Waals surface area contributed by atoms with Crippen molar-refractivity contribution < 1.29 is 80.2 Å². The largest absolute Gasteiger partial charge is 0.472 e. The van der Waals surface area contributed by atoms with E-state index in [1.807, 2.05) is 0 Å². The van der Waals surface area contributed by atoms with E-state index in [2.05, 4.69) is 48.5 Å². The van der Waals surface area contributed by atoms with Crippen LogP contribution in [0.5, 0.6) is 0 Å². The average Bonchev–Trinajstić information content (AvgIpc) is 0.898. The molecule has 0 aliphatic rings. The molecule has 0 aromatic heterocycles. The number of hydrogen-bond donors (Lipinski definition) is 3. The molecule has 0 aliphatic heterocycles. The van der Waals surface area contributed by atoms with Gasteiger partial charge in [0.05, 0.1) is 26.4 Å². The molecular formula is C95H186O17P2. The van der Waals surface area contributed by atoms with Gasteiger partial charge in [-0.15, -0.1) is 0 Å². The smallest absolute Gasteiger partial charge is 0.462 e. The first kappa shape index (κ1) is 112. The molecule has 0 aliphatic carbocycles. The molecular weight excluding hydrogens is 1470 g/mol. The molecule has 0 radical (unpaired) electrons. The number of carbonyl (C=O) groups is 4. The topological polar surface area (TPSA) is 237 Å². The molecule has 0 aromatic rings. The molecule has 0 heterocycles. The molecule has 678 valence electrons. The van der Waals surface area contributed by atoms with Crippen molar-refractivity contribution in [3.63, 3.8) is 0 Å². The molecule has 19 heteroatoms. The Labute approximate surface area is 702 Å². The number of esters is 4. The predicted octanol–water partition coefficient (Wildman–Crippen LogP) is 29.6. The summed E-state index contributed by atoms with van der Waals surface area (Å²) in [6.07, 6.45) is 79.2. The zero-order valence-corrected chi connectivity index (χ0v) is 77.4. The van der Waals surface area contributed by atoms with Gasteiger partial charge in [0, 0.05) is 25.7 Å². The molecule has 6 atom stereocenters. The summed E-state index contributed by atoms with van der Waals surface area (Å²) < 4.78 is 69.2. The quantitative estimate of drug-likeness (QED) is 0.0222. The van der Waals surface area contributed by atoms with Gasteiger partial charge in [-0.1, -0.05) is 459 Å². The van der Waals surface area contributed by atoms with Gasteiger partial charge in [-0.2, -0.15) is 0 Å². The second kappa shape index (κ2) is 84.7. The molecule has 0 saturated heterocycles. The van der Waals surface area contributed by atoms with Crippen LogP contribution in [0.1, 0.15) is 511 Å². The molecule has 3 unspecified atom stereocenters. The monoisotopic (exact) mass is 1660 g/mol. The maximum absolute atomic E-state index is 13.2. The molecule has 0 fully saturated rings. The zero-order valence-electron chi connectivity index (χ0n) is 75.6. The fraction of sp³-hybridized carbons (Fsp3) is 0.958. The first-order valence-electron chi connectivity index (χ1n) is 48.9. The van der Waals surface area contributed by atoms with E-state index in [1.165, 1.54) is 321 Å². The number of phosphoric ester groups is 2. The third-order valence-electron chi connectivity index (χ3n) is 22.7. The molecule has 17 nitrogen and oxygen atoms in total. The molecule has 0 aromatic carbocycles. The van der Waals surface area contributed by atoms with Gasteiger partial charge in [0.15, 0.2) is 12.2 Å². The third-order valence-corrected chi connectivity index (χ3v) is 24.6. The van der Waals surface area contributed by atoms with Crippen LogP contribution in [-0.4, -0.2) is 96.7 Å². The molecule has 0 saturated carbocycles. The average molecular weight is 1660 g/mol. The number of ether oxygens (including phenoxy) is 4. The van der Waals surface area contributed by atoms with Crippen molar-refractivity contribution in [1.29, 1.82) is 0 Å². The SMILES string of the molecule is CCCCCCCCCCCCCCC(=O)OC[C@H](COP(=O)(O)OC[C@H](O)COP(=O)(O)OC[C@@H](COC(=O)CCCCCCCCCCCCCCCCCCCCC(C)C)OC(=O)CCCCCCCCCCCCCCCCCCCCC(C)CC)OC(=O)CCCCCCCCCCCCCCCCCCC(C)C. The Hall–Kier alpha value is -1.94. The van der Waals surface area contributed by atoms with Gasteiger partial charge in [0.1, 0.15) is 19.3 Å². The first-order chi connectivity index (χ1) is 55.3. The van der Waals surface area contributed by atoms with E-state index in [1.54, 1.807) is 0 Å². The van der Waals surface area contributed by atoms with Crippen molar-refractivity contribution in [2.45, 2.75) is 529 Å². The highest BCUT2D eigenvalue weighted by Crippen LogP contribution is 2.45. The van der Waals surface area contributed by atoms with Crippen molar-refractivity contribution in [3.8, 4) is 0 Å². The van der Waals surface area contributed by atoms with Crippen molar-refractivity contribution in [1.82, 2.24) is 0 Å². The lowest BCUT2D eigenvalue weighted by Gasteiger charge is -2.21. The van der Waals surface area contributed by atoms with Gasteiger partial charge in [-0.25, -0.2) is 9.13 Å². The normalized spacial score (nSPS) is 14.0. The van der Waals surface area contributed by atoms with Gasteiger partial charge in [-0.3, -0.25) is 37.3 Å². The Bertz CT molecular complexity index is 2190. The highest BCUT2D eigenvalue weighted by atomic mass is 31.2. The van der Waals surface area contributed by atoms with Crippen molar-refractivity contribution in [3.05, 3.63) is 0 Å². The number of aliphatic hydroxyl groups is 1. The maximum atomic E-state index is 13.2. The Morgan fingerprint density at radius 1 is 0.254 bits per heavy atom. The van der Waals surface area contributed by atoms with Gasteiger partial charge in [-0.05, 0) is 43.4 Å². The Morgan fingerprint density at radius 2 is 0.447 bits per heavy atom. The minimum atomic E-state index is -4.97. The molecule has 0 rings (SSSR count). The first-order valence-corrected chi connectivity index (χ1v) is 51.9. The minimum absolute atomic E-state index is 0.109. The van der Waals surface area contributed by atoms with Crippen molar-refractivity contribution in [2.75, 3.05) is 39.6 Å². The summed E-state index contributed by atoms with van der Waals surface area (Å²) in [7, 11) is -9.94. The Morgan fingerprint density at radius 3 is 0.667 bits per heavy atom. The van der Waals surface area contributed by atoms with Crippen LogP contribution in [0.25, 0.3) is 0 Å². The van der Waals surface area contributed by atoms with Crippen LogP contribution < -0.4 is 0 Å². The Kier molecular flexibility index (Phi) is 83.2. The maximum Gasteiger partial charge on any atom is 0.472 e. The summed E-state index contributed by atoms with van der Waals surface area (Å²) in [6.45, 7) is 12.2. The summed E-state index contributed by atoms with van der Waals surface area (Å²) in [4.78, 5) is 73.6. The molecule has 0 bridgehead atoms. The van der Waals surface area contributed by atoms with Crippen LogP contribution in [-0.2, 0) is 65.4 Å². The van der Waals surface area contributed by atoms with Crippen LogP contribution in [0.15, 0.2) is 0 Å². The van der Waals surface area contributed by atoms with Gasteiger partial charge in [0.2, 0.25) is 0 Å². The van der Waals surface area contributed by atoms with E-state index in [4.69, 9.17) is 37.0 Å². The standard InChI is InChI=1S/C95H186O17P2/c1-8-10-11-12-13-14-15-41-48-55-62-69-76-92(97)105-82-90(111-95(100)79-72-65-58-51-44-37-31-25-24-27-33-39-46-53-60-67-74-87(5)6)84-109-113(101,102)107-80-89(96)81-108-114(103,104)110-85-91(83-106-93(98)77-70-63-56-49-42-35-29-22-18-16-20-26-32-38-45-52-59-66-73-86(3)4)112-94(99)78-71-64-57-50-43-36-30-23-19-17-21-28-34-40-47-54-61-68-75-88(7)9-2/h86-91,96H,8-85H2,1-7H3,(H,101,102)(H,103,104)/t88?,89-,90+,91+/m0/s1. The summed E-state index contributed by atoms with van der Waals surface area (Å²) >= 11 is 0. The second-order valence-electron chi connectivity index (χ2n) is 35.3. The highest BCUT2D eigenvalue weighted by Gasteiger charge is 2.31. The zero-order chi connectivity index (χ0) is 83.6. The van der Waals surface area contributed by atoms with Crippen LogP contribution in [0.3, 0.4) is 0 Å². The molecule has 114 heavy (non-hydrogen) atoms. The van der Waals surface area contributed by atoms with Gasteiger partial charge >= 0.3 is 39.5 Å². The van der Waals surface area contributed by atoms with Crippen LogP contribution >= 0.6 is 15.6 Å². The number of hydrogen-bond acceptors (Lipinski definition) is 15. The summed E-state index contributed by atoms with van der Waals surface area (Å²) in [6, 6.07) is 0. The number of rotatable bonds is 93. The van der Waals surface area contributed by atoms with E-state index in [0.717, 1.165) is 108 Å². The fourth-order valence-electron chi connectivity index (χ4n) is 14.9. The second-order valence-corrected chi connectivity index (χ2v) is 38.2. The van der Waals surface area contributed by atoms with Gasteiger partial charge in [0.25, 0.3) is 0 Å². The van der Waals surface area contributed by atoms with E-state index < -0.39 is 97.5 Å². The minimum Gasteiger partial charge on any atom is -0.462 e. The van der Waals surface area contributed by atoms with E-state index in [9.17, 15) is 43.2 Å². The lowest BCUT2D eigenvalue weighted by molar-refractivity contribution is -0.161. The predicted molar refractivity (Wildman–Crippen MR) is 474 cm³/mol. The number of aliphatic hydroxyl groups excluding tert-OH is 1. The van der Waals surface area contributed by atoms with Gasteiger partial charge < -0.3 is 33.8 Å². The molecule has 0 amide bonds. The van der Waals surface area contributed by atoms with Crippen molar-refractivity contribution >= 4 is 39.5 Å². The highest BCUT2D eigenvalue weighted by molar-refractivity contribution is 7.47. The number of carbonyl (C=O) groups excluding carboxylic acids is 4. The summed E-state index contributed by atoms with van der Waals surface area (Å²) in [5.74, 6) is 0.412. The summed E-state index contributed by atoms with van der Waals surface area (Å²) in [5.41, 5.74) is 0. The number of unbranched alkanes of at least 4 members (excludes halogenated alkanes) is 60. The fourth-order valence-corrected chi connectivity index (χ4v) is 16.5. The van der Waals surface area contributed by atoms with E-state index in [0.29, 0.717) is 25.7 Å². The van der Waals surface area contributed by atoms with Crippen LogP contribution in [0.2, 0.25) is 0 Å². The third kappa shape index (κ3) is 86.4. The lowest BCUT2D eigenvalue weighted by Crippen LogP contribution is -2.30.